The molecule has 0 saturated carbocycles. The number of fused-ring (bicyclic) bond motifs is 1. The Morgan fingerprint density at radius 3 is 3.18 bits per heavy atom. The first-order chi connectivity index (χ1) is 5.25. The van der Waals surface area contributed by atoms with Crippen LogP contribution in [-0.2, 0) is 6.42 Å². The second-order valence-corrected chi connectivity index (χ2v) is 3.25. The molecule has 1 aliphatic rings. The van der Waals surface area contributed by atoms with Crippen molar-refractivity contribution < 1.29 is 0 Å². The van der Waals surface area contributed by atoms with E-state index in [1.165, 1.54) is 0 Å². The Morgan fingerprint density at radius 2 is 2.36 bits per heavy atom. The van der Waals surface area contributed by atoms with Crippen molar-refractivity contribution in [2.75, 3.05) is 5.32 Å². The first-order valence-corrected chi connectivity index (χ1v) is 3.99. The number of pyridine rings is 1. The van der Waals surface area contributed by atoms with Gasteiger partial charge in [-0.25, -0.2) is 4.98 Å². The van der Waals surface area contributed by atoms with Crippen LogP contribution < -0.4 is 5.32 Å². The number of rotatable bonds is 0. The van der Waals surface area contributed by atoms with Gasteiger partial charge in [-0.2, -0.15) is 0 Å². The van der Waals surface area contributed by atoms with Crippen molar-refractivity contribution >= 4 is 34.6 Å². The van der Waals surface area contributed by atoms with Gasteiger partial charge in [0.05, 0.1) is 4.99 Å². The number of nitrogens with zero attached hydrogens (tertiary/aromatic N) is 1. The van der Waals surface area contributed by atoms with Gasteiger partial charge in [-0.1, -0.05) is 29.9 Å². The molecule has 0 aromatic carbocycles. The molecule has 2 heterocycles. The molecule has 2 nitrogen and oxygen atoms in total. The highest BCUT2D eigenvalue weighted by molar-refractivity contribution is 7.80. The van der Waals surface area contributed by atoms with E-state index in [-0.39, 0.29) is 0 Å². The summed E-state index contributed by atoms with van der Waals surface area (Å²) in [6.07, 6.45) is 0.787. The van der Waals surface area contributed by atoms with Crippen LogP contribution in [0.25, 0.3) is 0 Å². The lowest BCUT2D eigenvalue weighted by atomic mass is 10.2. The fourth-order valence-electron chi connectivity index (χ4n) is 1.06. The van der Waals surface area contributed by atoms with E-state index in [0.717, 1.165) is 22.8 Å². The second-order valence-electron chi connectivity index (χ2n) is 2.37. The van der Waals surface area contributed by atoms with E-state index in [1.807, 2.05) is 6.07 Å². The Hall–Kier alpha value is -0.670. The number of anilines is 1. The molecule has 1 N–H and O–H groups in total. The number of hydrogen-bond donors (Lipinski definition) is 1. The molecule has 0 atom stereocenters. The number of halogens is 1. The smallest absolute Gasteiger partial charge is 0.136 e. The molecule has 0 spiro atoms. The molecule has 0 bridgehead atoms. The van der Waals surface area contributed by atoms with Crippen molar-refractivity contribution in [1.29, 1.82) is 0 Å². The summed E-state index contributed by atoms with van der Waals surface area (Å²) in [5.41, 5.74) is 1.12. The molecule has 0 amide bonds. The van der Waals surface area contributed by atoms with Crippen LogP contribution in [0.2, 0.25) is 5.15 Å². The molecule has 1 aromatic rings. The van der Waals surface area contributed by atoms with Gasteiger partial charge in [0.2, 0.25) is 0 Å². The zero-order valence-electron chi connectivity index (χ0n) is 5.60. The van der Waals surface area contributed by atoms with Gasteiger partial charge in [0.1, 0.15) is 11.0 Å². The third kappa shape index (κ3) is 1.21. The highest BCUT2D eigenvalue weighted by atomic mass is 35.5. The summed E-state index contributed by atoms with van der Waals surface area (Å²) in [6.45, 7) is 0. The van der Waals surface area contributed by atoms with Gasteiger partial charge in [-0.15, -0.1) is 0 Å². The molecule has 11 heavy (non-hydrogen) atoms. The van der Waals surface area contributed by atoms with E-state index in [2.05, 4.69) is 10.3 Å². The largest absolute Gasteiger partial charge is 0.334 e. The van der Waals surface area contributed by atoms with Gasteiger partial charge in [-0.3, -0.25) is 0 Å². The maximum absolute atomic E-state index is 5.68. The van der Waals surface area contributed by atoms with Crippen molar-refractivity contribution in [1.82, 2.24) is 4.98 Å². The normalized spacial score (nSPS) is 14.5. The first-order valence-electron chi connectivity index (χ1n) is 3.21. The second kappa shape index (κ2) is 2.43. The summed E-state index contributed by atoms with van der Waals surface area (Å²) in [5, 5.41) is 3.47. The lowest BCUT2D eigenvalue weighted by molar-refractivity contribution is 1.29. The van der Waals surface area contributed by atoms with Crippen molar-refractivity contribution in [3.63, 3.8) is 0 Å². The van der Waals surface area contributed by atoms with Crippen molar-refractivity contribution in [2.45, 2.75) is 6.42 Å². The highest BCUT2D eigenvalue weighted by Gasteiger charge is 2.15. The van der Waals surface area contributed by atoms with E-state index in [4.69, 9.17) is 23.8 Å². The van der Waals surface area contributed by atoms with E-state index in [1.54, 1.807) is 6.07 Å². The Balaban J connectivity index is 2.51. The average molecular weight is 185 g/mol. The van der Waals surface area contributed by atoms with E-state index < -0.39 is 0 Å². The molecule has 1 aromatic heterocycles. The van der Waals surface area contributed by atoms with Crippen LogP contribution in [0.15, 0.2) is 12.1 Å². The number of aromatic nitrogens is 1. The average Bonchev–Trinajstić information content (AvgIpc) is 2.27. The SMILES string of the molecule is S=C1Cc2ccc(Cl)nc2N1. The van der Waals surface area contributed by atoms with Gasteiger partial charge < -0.3 is 5.32 Å². The fraction of sp³-hybridized carbons (Fsp3) is 0.143. The predicted octanol–water partition coefficient (Wildman–Crippen LogP) is 2.03. The molecule has 0 fully saturated rings. The molecular weight excluding hydrogens is 180 g/mol. The molecule has 0 saturated heterocycles. The van der Waals surface area contributed by atoms with Crippen LogP contribution in [0.4, 0.5) is 5.82 Å². The first kappa shape index (κ1) is 7.00. The van der Waals surface area contributed by atoms with Gasteiger partial charge in [0.25, 0.3) is 0 Å². The summed E-state index contributed by atoms with van der Waals surface area (Å²) >= 11 is 10.6. The van der Waals surface area contributed by atoms with Crippen molar-refractivity contribution in [2.24, 2.45) is 0 Å². The van der Waals surface area contributed by atoms with Crippen molar-refractivity contribution in [3.8, 4) is 0 Å². The lowest BCUT2D eigenvalue weighted by Crippen LogP contribution is -2.01. The minimum atomic E-state index is 0.501. The van der Waals surface area contributed by atoms with Crippen LogP contribution in [-0.4, -0.2) is 9.97 Å². The zero-order valence-corrected chi connectivity index (χ0v) is 7.17. The Morgan fingerprint density at radius 1 is 1.55 bits per heavy atom. The maximum atomic E-state index is 5.68. The van der Waals surface area contributed by atoms with Gasteiger partial charge in [-0.05, 0) is 6.07 Å². The van der Waals surface area contributed by atoms with Gasteiger partial charge in [0, 0.05) is 12.0 Å². The van der Waals surface area contributed by atoms with E-state index in [0.29, 0.717) is 5.15 Å². The van der Waals surface area contributed by atoms with Crippen LogP contribution in [0, 0.1) is 0 Å². The molecule has 0 radical (unpaired) electrons. The third-order valence-corrected chi connectivity index (χ3v) is 2.01. The van der Waals surface area contributed by atoms with Crippen LogP contribution in [0.3, 0.4) is 0 Å². The standard InChI is InChI=1S/C7H5ClN2S/c8-5-2-1-4-3-6(11)10-7(4)9-5/h1-2H,3H2,(H,9,10,11). The quantitative estimate of drug-likeness (QED) is 0.494. The number of thiocarbonyl (C=S) groups is 1. The minimum absolute atomic E-state index is 0.501. The third-order valence-electron chi connectivity index (χ3n) is 1.55. The van der Waals surface area contributed by atoms with E-state index >= 15 is 0 Å². The van der Waals surface area contributed by atoms with Crippen LogP contribution in [0.5, 0.6) is 0 Å². The van der Waals surface area contributed by atoms with Crippen LogP contribution >= 0.6 is 23.8 Å². The molecule has 0 unspecified atom stereocenters. The summed E-state index contributed by atoms with van der Waals surface area (Å²) in [5.74, 6) is 0.808. The Bertz CT molecular complexity index is 324. The molecule has 56 valence electrons. The van der Waals surface area contributed by atoms with E-state index in [9.17, 15) is 0 Å². The van der Waals surface area contributed by atoms with Crippen LogP contribution in [0.1, 0.15) is 5.56 Å². The highest BCUT2D eigenvalue weighted by Crippen LogP contribution is 2.22. The fourth-order valence-corrected chi connectivity index (χ4v) is 1.46. The summed E-state index contributed by atoms with van der Waals surface area (Å²) in [7, 11) is 0. The molecule has 0 aliphatic carbocycles. The summed E-state index contributed by atoms with van der Waals surface area (Å²) < 4.78 is 0. The maximum Gasteiger partial charge on any atom is 0.136 e. The number of hydrogen-bond acceptors (Lipinski definition) is 2. The Labute approximate surface area is 74.6 Å². The summed E-state index contributed by atoms with van der Waals surface area (Å²) in [6, 6.07) is 3.72. The molecular formula is C7H5ClN2S. The lowest BCUT2D eigenvalue weighted by Gasteiger charge is -1.95. The van der Waals surface area contributed by atoms with Gasteiger partial charge in [0.15, 0.2) is 0 Å². The molecule has 4 heteroatoms. The summed E-state index contributed by atoms with van der Waals surface area (Å²) in [4.78, 5) is 4.89. The molecule has 2 rings (SSSR count). The minimum Gasteiger partial charge on any atom is -0.334 e. The monoisotopic (exact) mass is 184 g/mol. The predicted molar refractivity (Wildman–Crippen MR) is 49.2 cm³/mol. The topological polar surface area (TPSA) is 24.9 Å². The van der Waals surface area contributed by atoms with Gasteiger partial charge >= 0.3 is 0 Å². The van der Waals surface area contributed by atoms with Crippen molar-refractivity contribution in [3.05, 3.63) is 22.8 Å². The Kier molecular flexibility index (Phi) is 1.55. The molecule has 1 aliphatic heterocycles. The zero-order chi connectivity index (χ0) is 7.84. The number of nitrogens with one attached hydrogen (secondary N) is 1.